The van der Waals surface area contributed by atoms with Crippen LogP contribution in [-0.4, -0.2) is 22.1 Å². The maximum atomic E-state index is 10.9. The van der Waals surface area contributed by atoms with E-state index < -0.39 is 5.97 Å². The Morgan fingerprint density at radius 2 is 2.06 bits per heavy atom. The van der Waals surface area contributed by atoms with Crippen molar-refractivity contribution < 1.29 is 9.90 Å². The van der Waals surface area contributed by atoms with Crippen LogP contribution in [-0.2, 0) is 0 Å². The summed E-state index contributed by atoms with van der Waals surface area (Å²) in [5.41, 5.74) is 0.987. The van der Waals surface area contributed by atoms with E-state index in [0.717, 1.165) is 6.42 Å². The molecule has 0 aliphatic carbocycles. The van der Waals surface area contributed by atoms with E-state index in [0.29, 0.717) is 17.4 Å². The number of carbonyl (C=O) groups is 1. The van der Waals surface area contributed by atoms with Crippen LogP contribution in [0.2, 0.25) is 0 Å². The Hall–Kier alpha value is -1.58. The van der Waals surface area contributed by atoms with E-state index in [1.165, 1.54) is 0 Å². The third-order valence-electron chi connectivity index (χ3n) is 2.42. The zero-order valence-electron chi connectivity index (χ0n) is 10.8. The number of pyridine rings is 1. The van der Waals surface area contributed by atoms with E-state index in [-0.39, 0.29) is 11.6 Å². The van der Waals surface area contributed by atoms with Crippen LogP contribution < -0.4 is 5.32 Å². The summed E-state index contributed by atoms with van der Waals surface area (Å²) in [7, 11) is 0. The molecule has 1 atom stereocenters. The van der Waals surface area contributed by atoms with Crippen molar-refractivity contribution in [2.45, 2.75) is 40.2 Å². The van der Waals surface area contributed by atoms with Gasteiger partial charge in [-0.2, -0.15) is 0 Å². The van der Waals surface area contributed by atoms with Crippen LogP contribution in [0.3, 0.4) is 0 Å². The number of carboxylic acid groups (broad SMARTS) is 1. The van der Waals surface area contributed by atoms with Gasteiger partial charge in [0.25, 0.3) is 0 Å². The molecule has 0 spiro atoms. The molecular formula is C13H20N2O2. The first kappa shape index (κ1) is 13.5. The highest BCUT2D eigenvalue weighted by molar-refractivity contribution is 5.88. The Bertz CT molecular complexity index is 402. The van der Waals surface area contributed by atoms with Gasteiger partial charge in [-0.1, -0.05) is 13.8 Å². The molecule has 1 aromatic heterocycles. The highest BCUT2D eigenvalue weighted by Gasteiger charge is 2.09. The van der Waals surface area contributed by atoms with Crippen LogP contribution >= 0.6 is 0 Å². The number of aromatic carboxylic acids is 1. The van der Waals surface area contributed by atoms with Gasteiger partial charge in [0, 0.05) is 11.7 Å². The van der Waals surface area contributed by atoms with Crippen molar-refractivity contribution in [1.82, 2.24) is 4.98 Å². The number of rotatable bonds is 5. The maximum absolute atomic E-state index is 10.9. The lowest BCUT2D eigenvalue weighted by atomic mass is 10.1. The van der Waals surface area contributed by atoms with Crippen molar-refractivity contribution in [1.29, 1.82) is 0 Å². The molecule has 2 N–H and O–H groups in total. The Morgan fingerprint density at radius 3 is 2.59 bits per heavy atom. The standard InChI is InChI=1S/C13H20N2O2/c1-8(2)5-9(3)14-12-7-11(13(16)17)6-10(4)15-12/h6-9H,5H2,1-4H3,(H,14,15)(H,16,17). The van der Waals surface area contributed by atoms with Gasteiger partial charge in [0.2, 0.25) is 0 Å². The minimum atomic E-state index is -0.921. The van der Waals surface area contributed by atoms with E-state index in [2.05, 4.69) is 31.1 Å². The molecule has 1 heterocycles. The second-order valence-corrected chi connectivity index (χ2v) is 4.86. The number of hydrogen-bond donors (Lipinski definition) is 2. The predicted octanol–water partition coefficient (Wildman–Crippen LogP) is 2.93. The van der Waals surface area contributed by atoms with E-state index in [1.54, 1.807) is 19.1 Å². The highest BCUT2D eigenvalue weighted by Crippen LogP contribution is 2.14. The monoisotopic (exact) mass is 236 g/mol. The number of nitrogens with one attached hydrogen (secondary N) is 1. The first-order valence-corrected chi connectivity index (χ1v) is 5.87. The van der Waals surface area contributed by atoms with Gasteiger partial charge in [-0.25, -0.2) is 9.78 Å². The maximum Gasteiger partial charge on any atom is 0.335 e. The number of aryl methyl sites for hydroxylation is 1. The van der Waals surface area contributed by atoms with Crippen LogP contribution in [0.1, 0.15) is 43.2 Å². The van der Waals surface area contributed by atoms with Crippen LogP contribution in [0.25, 0.3) is 0 Å². The summed E-state index contributed by atoms with van der Waals surface area (Å²) in [5.74, 6) is 0.312. The number of aromatic nitrogens is 1. The topological polar surface area (TPSA) is 62.2 Å². The van der Waals surface area contributed by atoms with E-state index in [1.807, 2.05) is 0 Å². The first-order valence-electron chi connectivity index (χ1n) is 5.87. The number of carboxylic acids is 1. The summed E-state index contributed by atoms with van der Waals surface area (Å²) < 4.78 is 0. The average Bonchev–Trinajstić information content (AvgIpc) is 2.14. The Labute approximate surface area is 102 Å². The molecule has 4 heteroatoms. The van der Waals surface area contributed by atoms with Crippen LogP contribution in [0.15, 0.2) is 12.1 Å². The van der Waals surface area contributed by atoms with Gasteiger partial charge in [-0.3, -0.25) is 0 Å². The van der Waals surface area contributed by atoms with Gasteiger partial charge < -0.3 is 10.4 Å². The summed E-state index contributed by atoms with van der Waals surface area (Å²) in [4.78, 5) is 15.2. The van der Waals surface area contributed by atoms with Crippen molar-refractivity contribution in [2.75, 3.05) is 5.32 Å². The normalized spacial score (nSPS) is 12.5. The lowest BCUT2D eigenvalue weighted by Gasteiger charge is -2.17. The smallest absolute Gasteiger partial charge is 0.335 e. The van der Waals surface area contributed by atoms with Crippen LogP contribution in [0, 0.1) is 12.8 Å². The fourth-order valence-electron chi connectivity index (χ4n) is 1.88. The third-order valence-corrected chi connectivity index (χ3v) is 2.42. The lowest BCUT2D eigenvalue weighted by Crippen LogP contribution is -2.18. The van der Waals surface area contributed by atoms with Gasteiger partial charge >= 0.3 is 5.97 Å². The number of anilines is 1. The highest BCUT2D eigenvalue weighted by atomic mass is 16.4. The average molecular weight is 236 g/mol. The van der Waals surface area contributed by atoms with Crippen molar-refractivity contribution in [3.63, 3.8) is 0 Å². The molecular weight excluding hydrogens is 216 g/mol. The molecule has 0 amide bonds. The Balaban J connectivity index is 2.80. The molecule has 1 unspecified atom stereocenters. The van der Waals surface area contributed by atoms with Gasteiger partial charge in [0.15, 0.2) is 0 Å². The summed E-state index contributed by atoms with van der Waals surface area (Å²) in [6.07, 6.45) is 1.03. The molecule has 1 aromatic rings. The largest absolute Gasteiger partial charge is 0.478 e. The fourth-order valence-corrected chi connectivity index (χ4v) is 1.88. The molecule has 0 bridgehead atoms. The molecule has 0 radical (unpaired) electrons. The van der Waals surface area contributed by atoms with Crippen molar-refractivity contribution in [3.8, 4) is 0 Å². The molecule has 0 saturated heterocycles. The summed E-state index contributed by atoms with van der Waals surface area (Å²) in [5, 5.41) is 12.2. The molecule has 4 nitrogen and oxygen atoms in total. The molecule has 0 fully saturated rings. The zero-order valence-corrected chi connectivity index (χ0v) is 10.8. The van der Waals surface area contributed by atoms with Crippen molar-refractivity contribution in [2.24, 2.45) is 5.92 Å². The lowest BCUT2D eigenvalue weighted by molar-refractivity contribution is 0.0696. The molecule has 0 saturated carbocycles. The van der Waals surface area contributed by atoms with Gasteiger partial charge in [-0.15, -0.1) is 0 Å². The molecule has 0 aliphatic rings. The summed E-state index contributed by atoms with van der Waals surface area (Å²) >= 11 is 0. The number of hydrogen-bond acceptors (Lipinski definition) is 3. The predicted molar refractivity (Wildman–Crippen MR) is 68.5 cm³/mol. The fraction of sp³-hybridized carbons (Fsp3) is 0.538. The molecule has 1 rings (SSSR count). The SMILES string of the molecule is Cc1cc(C(=O)O)cc(NC(C)CC(C)C)n1. The number of nitrogens with zero attached hydrogens (tertiary/aromatic N) is 1. The second-order valence-electron chi connectivity index (χ2n) is 4.86. The second kappa shape index (κ2) is 5.66. The summed E-state index contributed by atoms with van der Waals surface area (Å²) in [6.45, 7) is 8.18. The first-order chi connectivity index (χ1) is 7.88. The van der Waals surface area contributed by atoms with Crippen LogP contribution in [0.5, 0.6) is 0 Å². The quantitative estimate of drug-likeness (QED) is 0.825. The molecule has 0 aliphatic heterocycles. The molecule has 0 aromatic carbocycles. The zero-order chi connectivity index (χ0) is 13.0. The minimum absolute atomic E-state index is 0.275. The molecule has 94 valence electrons. The van der Waals surface area contributed by atoms with Gasteiger partial charge in [0.1, 0.15) is 5.82 Å². The Morgan fingerprint density at radius 1 is 1.41 bits per heavy atom. The Kier molecular flexibility index (Phi) is 4.49. The van der Waals surface area contributed by atoms with E-state index >= 15 is 0 Å². The third kappa shape index (κ3) is 4.43. The van der Waals surface area contributed by atoms with Crippen LogP contribution in [0.4, 0.5) is 5.82 Å². The van der Waals surface area contributed by atoms with Crippen molar-refractivity contribution in [3.05, 3.63) is 23.4 Å². The van der Waals surface area contributed by atoms with E-state index in [9.17, 15) is 4.79 Å². The summed E-state index contributed by atoms with van der Waals surface area (Å²) in [6, 6.07) is 3.43. The van der Waals surface area contributed by atoms with Gasteiger partial charge in [-0.05, 0) is 38.3 Å². The molecule has 17 heavy (non-hydrogen) atoms. The van der Waals surface area contributed by atoms with Crippen molar-refractivity contribution >= 4 is 11.8 Å². The minimum Gasteiger partial charge on any atom is -0.478 e. The van der Waals surface area contributed by atoms with Gasteiger partial charge in [0.05, 0.1) is 5.56 Å². The van der Waals surface area contributed by atoms with E-state index in [4.69, 9.17) is 5.11 Å².